The summed E-state index contributed by atoms with van der Waals surface area (Å²) in [6.07, 6.45) is 10.7. The van der Waals surface area contributed by atoms with Gasteiger partial charge >= 0.3 is 0 Å². The highest BCUT2D eigenvalue weighted by Crippen LogP contribution is 2.20. The molecule has 1 nitrogen and oxygen atoms in total. The molecule has 0 bridgehead atoms. The molecule has 0 fully saturated rings. The van der Waals surface area contributed by atoms with Gasteiger partial charge in [-0.25, -0.2) is 0 Å². The van der Waals surface area contributed by atoms with Gasteiger partial charge in [0.2, 0.25) is 0 Å². The Bertz CT molecular complexity index is 230. The van der Waals surface area contributed by atoms with E-state index in [1.54, 1.807) is 0 Å². The van der Waals surface area contributed by atoms with Crippen molar-refractivity contribution in [3.63, 3.8) is 0 Å². The molecule has 0 aromatic carbocycles. The van der Waals surface area contributed by atoms with Crippen LogP contribution in [0, 0.1) is 17.2 Å². The Balaban J connectivity index is 2.64. The van der Waals surface area contributed by atoms with E-state index in [2.05, 4.69) is 31.2 Å². The van der Waals surface area contributed by atoms with Gasteiger partial charge in [-0.1, -0.05) is 30.7 Å². The summed E-state index contributed by atoms with van der Waals surface area (Å²) in [5.74, 6) is 0.368. The second-order valence-electron chi connectivity index (χ2n) is 3.17. The minimum absolute atomic E-state index is 0.368. The first-order valence-electron chi connectivity index (χ1n) is 4.60. The quantitative estimate of drug-likeness (QED) is 0.570. The first-order valence-corrected chi connectivity index (χ1v) is 4.60. The third kappa shape index (κ3) is 2.54. The lowest BCUT2D eigenvalue weighted by Gasteiger charge is -2.03. The van der Waals surface area contributed by atoms with Crippen molar-refractivity contribution in [1.29, 1.82) is 5.26 Å². The lowest BCUT2D eigenvalue weighted by molar-refractivity contribution is 0.822. The van der Waals surface area contributed by atoms with Gasteiger partial charge < -0.3 is 0 Å². The Morgan fingerprint density at radius 3 is 3.17 bits per heavy atom. The smallest absolute Gasteiger partial charge is 0.0631 e. The maximum atomic E-state index is 8.56. The second-order valence-corrected chi connectivity index (χ2v) is 3.17. The summed E-state index contributed by atoms with van der Waals surface area (Å²) in [4.78, 5) is 0. The van der Waals surface area contributed by atoms with Crippen LogP contribution in [0.25, 0.3) is 0 Å². The van der Waals surface area contributed by atoms with E-state index in [4.69, 9.17) is 5.26 Å². The number of nitriles is 1. The van der Waals surface area contributed by atoms with Crippen LogP contribution in [0.15, 0.2) is 23.8 Å². The molecule has 0 N–H and O–H groups in total. The molecule has 0 saturated heterocycles. The number of nitrogens with zero attached hydrogens (tertiary/aromatic N) is 1. The van der Waals surface area contributed by atoms with Crippen molar-refractivity contribution in [2.45, 2.75) is 32.6 Å². The first-order chi connectivity index (χ1) is 5.86. The van der Waals surface area contributed by atoms with E-state index in [0.29, 0.717) is 12.3 Å². The minimum atomic E-state index is 0.368. The van der Waals surface area contributed by atoms with Crippen LogP contribution in [0.4, 0.5) is 0 Å². The van der Waals surface area contributed by atoms with Crippen molar-refractivity contribution < 1.29 is 0 Å². The fourth-order valence-electron chi connectivity index (χ4n) is 1.51. The molecule has 0 aliphatic heterocycles. The summed E-state index contributed by atoms with van der Waals surface area (Å²) < 4.78 is 0. The number of rotatable bonds is 2. The van der Waals surface area contributed by atoms with Crippen LogP contribution in [-0.2, 0) is 0 Å². The van der Waals surface area contributed by atoms with E-state index >= 15 is 0 Å². The average molecular weight is 161 g/mol. The van der Waals surface area contributed by atoms with Crippen LogP contribution in [0.2, 0.25) is 0 Å². The number of hydrogen-bond acceptors (Lipinski definition) is 1. The zero-order chi connectivity index (χ0) is 8.81. The molecule has 0 spiro atoms. The molecule has 1 heteroatoms. The molecular formula is C11H15N. The van der Waals surface area contributed by atoms with E-state index in [0.717, 1.165) is 12.8 Å². The summed E-state index contributed by atoms with van der Waals surface area (Å²) in [7, 11) is 0. The van der Waals surface area contributed by atoms with Gasteiger partial charge in [-0.2, -0.15) is 5.26 Å². The molecule has 1 aliphatic carbocycles. The van der Waals surface area contributed by atoms with Crippen molar-refractivity contribution in [2.24, 2.45) is 5.92 Å². The third-order valence-corrected chi connectivity index (χ3v) is 2.25. The molecular weight excluding hydrogens is 146 g/mol. The van der Waals surface area contributed by atoms with Crippen molar-refractivity contribution in [3.8, 4) is 6.07 Å². The van der Waals surface area contributed by atoms with Gasteiger partial charge in [-0.15, -0.1) is 0 Å². The van der Waals surface area contributed by atoms with E-state index in [1.165, 1.54) is 12.0 Å². The molecule has 0 radical (unpaired) electrons. The van der Waals surface area contributed by atoms with Crippen molar-refractivity contribution in [1.82, 2.24) is 0 Å². The molecule has 12 heavy (non-hydrogen) atoms. The fraction of sp³-hybridized carbons (Fsp3) is 0.545. The lowest BCUT2D eigenvalue weighted by Crippen LogP contribution is -1.90. The van der Waals surface area contributed by atoms with Crippen LogP contribution in [0.3, 0.4) is 0 Å². The average Bonchev–Trinajstić information content (AvgIpc) is 2.30. The van der Waals surface area contributed by atoms with Gasteiger partial charge in [0.1, 0.15) is 0 Å². The monoisotopic (exact) mass is 161 g/mol. The zero-order valence-corrected chi connectivity index (χ0v) is 7.59. The SMILES string of the molecule is CCC1=CC(CC#N)C=CCC1. The van der Waals surface area contributed by atoms with Gasteiger partial charge in [0.05, 0.1) is 6.07 Å². The fourth-order valence-corrected chi connectivity index (χ4v) is 1.51. The highest BCUT2D eigenvalue weighted by molar-refractivity contribution is 5.14. The largest absolute Gasteiger partial charge is 0.198 e. The molecule has 0 aromatic heterocycles. The van der Waals surface area contributed by atoms with Crippen molar-refractivity contribution >= 4 is 0 Å². The first kappa shape index (κ1) is 9.06. The standard InChI is InChI=1S/C11H15N/c1-2-10-5-3-4-6-11(9-10)7-8-12/h4,6,9,11H,2-3,5,7H2,1H3. The van der Waals surface area contributed by atoms with Crippen LogP contribution < -0.4 is 0 Å². The lowest BCUT2D eigenvalue weighted by atomic mass is 10.0. The Hall–Kier alpha value is -1.03. The maximum Gasteiger partial charge on any atom is 0.0631 e. The third-order valence-electron chi connectivity index (χ3n) is 2.25. The van der Waals surface area contributed by atoms with E-state index in [-0.39, 0.29) is 0 Å². The van der Waals surface area contributed by atoms with Crippen LogP contribution in [-0.4, -0.2) is 0 Å². The van der Waals surface area contributed by atoms with Gasteiger partial charge in [-0.05, 0) is 19.3 Å². The topological polar surface area (TPSA) is 23.8 Å². The molecule has 0 heterocycles. The van der Waals surface area contributed by atoms with Gasteiger partial charge in [0, 0.05) is 12.3 Å². The van der Waals surface area contributed by atoms with Crippen LogP contribution in [0.5, 0.6) is 0 Å². The van der Waals surface area contributed by atoms with E-state index in [9.17, 15) is 0 Å². The molecule has 1 atom stereocenters. The molecule has 1 unspecified atom stereocenters. The number of hydrogen-bond donors (Lipinski definition) is 0. The predicted octanol–water partition coefficient (Wildman–Crippen LogP) is 3.20. The summed E-state index contributed by atoms with van der Waals surface area (Å²) >= 11 is 0. The Kier molecular flexibility index (Phi) is 3.60. The zero-order valence-electron chi connectivity index (χ0n) is 7.59. The summed E-state index contributed by atoms with van der Waals surface area (Å²) in [6.45, 7) is 2.18. The summed E-state index contributed by atoms with van der Waals surface area (Å²) in [6, 6.07) is 2.21. The predicted molar refractivity (Wildman–Crippen MR) is 50.5 cm³/mol. The van der Waals surface area contributed by atoms with Crippen molar-refractivity contribution in [2.75, 3.05) is 0 Å². The molecule has 1 rings (SSSR count). The number of allylic oxidation sites excluding steroid dienone is 4. The normalized spacial score (nSPS) is 22.7. The molecule has 64 valence electrons. The summed E-state index contributed by atoms with van der Waals surface area (Å²) in [5.41, 5.74) is 1.50. The minimum Gasteiger partial charge on any atom is -0.198 e. The van der Waals surface area contributed by atoms with Gasteiger partial charge in [0.15, 0.2) is 0 Å². The highest BCUT2D eigenvalue weighted by Gasteiger charge is 2.05. The van der Waals surface area contributed by atoms with Crippen molar-refractivity contribution in [3.05, 3.63) is 23.8 Å². The molecule has 0 saturated carbocycles. The molecule has 0 aromatic rings. The van der Waals surface area contributed by atoms with E-state index < -0.39 is 0 Å². The second kappa shape index (κ2) is 4.77. The Labute approximate surface area is 74.4 Å². The highest BCUT2D eigenvalue weighted by atomic mass is 14.2. The Morgan fingerprint density at radius 2 is 2.50 bits per heavy atom. The maximum absolute atomic E-state index is 8.56. The Morgan fingerprint density at radius 1 is 1.67 bits per heavy atom. The van der Waals surface area contributed by atoms with Crippen LogP contribution >= 0.6 is 0 Å². The van der Waals surface area contributed by atoms with E-state index in [1.807, 2.05) is 0 Å². The summed E-state index contributed by atoms with van der Waals surface area (Å²) in [5, 5.41) is 8.56. The van der Waals surface area contributed by atoms with Gasteiger partial charge in [0.25, 0.3) is 0 Å². The van der Waals surface area contributed by atoms with Gasteiger partial charge in [-0.3, -0.25) is 0 Å². The molecule has 0 amide bonds. The molecule has 1 aliphatic rings. The van der Waals surface area contributed by atoms with Crippen LogP contribution in [0.1, 0.15) is 32.6 Å².